The van der Waals surface area contributed by atoms with E-state index >= 15 is 0 Å². The van der Waals surface area contributed by atoms with Crippen LogP contribution in [0, 0.1) is 5.82 Å². The van der Waals surface area contributed by atoms with E-state index in [1.807, 2.05) is 37.3 Å². The van der Waals surface area contributed by atoms with E-state index in [1.165, 1.54) is 12.1 Å². The Kier molecular flexibility index (Phi) is 3.92. The van der Waals surface area contributed by atoms with Gasteiger partial charge >= 0.3 is 0 Å². The molecule has 112 valence electrons. The van der Waals surface area contributed by atoms with Gasteiger partial charge in [0, 0.05) is 28.7 Å². The van der Waals surface area contributed by atoms with Gasteiger partial charge in [-0.25, -0.2) is 4.39 Å². The van der Waals surface area contributed by atoms with Gasteiger partial charge in [0.05, 0.1) is 0 Å². The maximum atomic E-state index is 13.2. The normalized spacial score (nSPS) is 10.8. The molecule has 1 aromatic heterocycles. The smallest absolute Gasteiger partial charge is 0.224 e. The molecule has 2 N–H and O–H groups in total. The summed E-state index contributed by atoms with van der Waals surface area (Å²) >= 11 is 0. The number of aromatic amines is 1. The van der Waals surface area contributed by atoms with Crippen LogP contribution in [0.4, 0.5) is 10.1 Å². The van der Waals surface area contributed by atoms with Gasteiger partial charge in [0.2, 0.25) is 5.91 Å². The Bertz CT molecular complexity index is 806. The van der Waals surface area contributed by atoms with Gasteiger partial charge in [-0.2, -0.15) is 0 Å². The van der Waals surface area contributed by atoms with E-state index in [9.17, 15) is 9.18 Å². The highest BCUT2D eigenvalue weighted by molar-refractivity contribution is 5.91. The summed E-state index contributed by atoms with van der Waals surface area (Å²) in [6.07, 6.45) is 1.35. The highest BCUT2D eigenvalue weighted by Crippen LogP contribution is 2.25. The maximum absolute atomic E-state index is 13.2. The SMILES string of the molecule is CCCC(=O)Nc1ccc(-c2cc3cc(F)ccc3[nH]2)cc1. The van der Waals surface area contributed by atoms with Crippen LogP contribution in [0.5, 0.6) is 0 Å². The Morgan fingerprint density at radius 1 is 1.14 bits per heavy atom. The lowest BCUT2D eigenvalue weighted by molar-refractivity contribution is -0.116. The molecule has 0 bridgehead atoms. The molecule has 1 heterocycles. The first-order chi connectivity index (χ1) is 10.7. The first kappa shape index (κ1) is 14.3. The third-order valence-corrected chi connectivity index (χ3v) is 3.54. The van der Waals surface area contributed by atoms with Gasteiger partial charge in [-0.15, -0.1) is 0 Å². The van der Waals surface area contributed by atoms with Crippen molar-refractivity contribution in [1.29, 1.82) is 0 Å². The number of nitrogens with one attached hydrogen (secondary N) is 2. The first-order valence-corrected chi connectivity index (χ1v) is 7.34. The molecule has 1 amide bonds. The van der Waals surface area contributed by atoms with E-state index in [2.05, 4.69) is 10.3 Å². The van der Waals surface area contributed by atoms with Crippen LogP contribution in [0.25, 0.3) is 22.2 Å². The van der Waals surface area contributed by atoms with E-state index in [1.54, 1.807) is 6.07 Å². The number of anilines is 1. The van der Waals surface area contributed by atoms with Crippen LogP contribution >= 0.6 is 0 Å². The van der Waals surface area contributed by atoms with Gasteiger partial charge in [-0.3, -0.25) is 4.79 Å². The zero-order valence-electron chi connectivity index (χ0n) is 12.3. The molecule has 2 aromatic carbocycles. The van der Waals surface area contributed by atoms with Crippen LogP contribution in [0.3, 0.4) is 0 Å². The van der Waals surface area contributed by atoms with Crippen LogP contribution < -0.4 is 5.32 Å². The lowest BCUT2D eigenvalue weighted by Crippen LogP contribution is -2.10. The summed E-state index contributed by atoms with van der Waals surface area (Å²) in [7, 11) is 0. The molecule has 0 atom stereocenters. The number of amides is 1. The predicted molar refractivity (Wildman–Crippen MR) is 87.2 cm³/mol. The number of fused-ring (bicyclic) bond motifs is 1. The third-order valence-electron chi connectivity index (χ3n) is 3.54. The Hall–Kier alpha value is -2.62. The average molecular weight is 296 g/mol. The fourth-order valence-corrected chi connectivity index (χ4v) is 2.44. The molecule has 0 radical (unpaired) electrons. The van der Waals surface area contributed by atoms with Gasteiger partial charge in [-0.05, 0) is 48.4 Å². The first-order valence-electron chi connectivity index (χ1n) is 7.34. The Morgan fingerprint density at radius 3 is 2.64 bits per heavy atom. The zero-order chi connectivity index (χ0) is 15.5. The monoisotopic (exact) mass is 296 g/mol. The molecule has 0 spiro atoms. The minimum atomic E-state index is -0.243. The number of rotatable bonds is 4. The fourth-order valence-electron chi connectivity index (χ4n) is 2.44. The minimum Gasteiger partial charge on any atom is -0.355 e. The van der Waals surface area contributed by atoms with Gasteiger partial charge in [0.15, 0.2) is 0 Å². The zero-order valence-corrected chi connectivity index (χ0v) is 12.3. The number of halogens is 1. The summed E-state index contributed by atoms with van der Waals surface area (Å²) in [5.74, 6) is -0.219. The largest absolute Gasteiger partial charge is 0.355 e. The maximum Gasteiger partial charge on any atom is 0.224 e. The number of hydrogen-bond acceptors (Lipinski definition) is 1. The van der Waals surface area contributed by atoms with Crippen LogP contribution in [0.15, 0.2) is 48.5 Å². The lowest BCUT2D eigenvalue weighted by Gasteiger charge is -2.05. The second-order valence-electron chi connectivity index (χ2n) is 5.29. The molecule has 3 nitrogen and oxygen atoms in total. The van der Waals surface area contributed by atoms with E-state index in [4.69, 9.17) is 0 Å². The van der Waals surface area contributed by atoms with E-state index < -0.39 is 0 Å². The van der Waals surface area contributed by atoms with Crippen molar-refractivity contribution in [2.45, 2.75) is 19.8 Å². The van der Waals surface area contributed by atoms with Crippen molar-refractivity contribution in [3.8, 4) is 11.3 Å². The molecule has 0 saturated heterocycles. The fraction of sp³-hybridized carbons (Fsp3) is 0.167. The molecule has 0 unspecified atom stereocenters. The molecule has 0 fully saturated rings. The number of benzene rings is 2. The molecule has 0 aliphatic rings. The molecule has 3 rings (SSSR count). The van der Waals surface area contributed by atoms with Crippen molar-refractivity contribution in [1.82, 2.24) is 4.98 Å². The summed E-state index contributed by atoms with van der Waals surface area (Å²) in [6.45, 7) is 1.97. The van der Waals surface area contributed by atoms with Gasteiger partial charge in [0.1, 0.15) is 5.82 Å². The quantitative estimate of drug-likeness (QED) is 0.719. The second kappa shape index (κ2) is 6.02. The molecule has 22 heavy (non-hydrogen) atoms. The lowest BCUT2D eigenvalue weighted by atomic mass is 10.1. The third kappa shape index (κ3) is 3.01. The molecule has 0 aliphatic carbocycles. The number of carbonyl (C=O) groups is 1. The molecule has 0 aliphatic heterocycles. The van der Waals surface area contributed by atoms with Crippen molar-refractivity contribution in [2.75, 3.05) is 5.32 Å². The van der Waals surface area contributed by atoms with Crippen LogP contribution in [0.1, 0.15) is 19.8 Å². The van der Waals surface area contributed by atoms with Crippen molar-refractivity contribution in [2.24, 2.45) is 0 Å². The molecule has 4 heteroatoms. The summed E-state index contributed by atoms with van der Waals surface area (Å²) in [5, 5.41) is 3.70. The van der Waals surface area contributed by atoms with Gasteiger partial charge in [-0.1, -0.05) is 19.1 Å². The molecular weight excluding hydrogens is 279 g/mol. The van der Waals surface area contributed by atoms with Gasteiger partial charge < -0.3 is 10.3 Å². The summed E-state index contributed by atoms with van der Waals surface area (Å²) in [6, 6.07) is 14.2. The number of H-pyrrole nitrogens is 1. The molecular formula is C18H17FN2O. The topological polar surface area (TPSA) is 44.9 Å². The number of hydrogen-bond donors (Lipinski definition) is 2. The number of aromatic nitrogens is 1. The Balaban J connectivity index is 1.83. The van der Waals surface area contributed by atoms with Crippen molar-refractivity contribution in [3.63, 3.8) is 0 Å². The van der Waals surface area contributed by atoms with Crippen molar-refractivity contribution in [3.05, 3.63) is 54.3 Å². The number of carbonyl (C=O) groups excluding carboxylic acids is 1. The minimum absolute atomic E-state index is 0.0244. The summed E-state index contributed by atoms with van der Waals surface area (Å²) < 4.78 is 13.2. The van der Waals surface area contributed by atoms with Crippen molar-refractivity contribution >= 4 is 22.5 Å². The summed E-state index contributed by atoms with van der Waals surface area (Å²) in [5.41, 5.74) is 3.60. The standard InChI is InChI=1S/C18H17FN2O/c1-2-3-18(22)20-15-7-4-12(5-8-15)17-11-13-10-14(19)6-9-16(13)21-17/h4-11,21H,2-3H2,1H3,(H,20,22). The van der Waals surface area contributed by atoms with E-state index in [0.29, 0.717) is 6.42 Å². The Morgan fingerprint density at radius 2 is 1.91 bits per heavy atom. The highest BCUT2D eigenvalue weighted by Gasteiger charge is 2.05. The highest BCUT2D eigenvalue weighted by atomic mass is 19.1. The molecule has 0 saturated carbocycles. The second-order valence-corrected chi connectivity index (χ2v) is 5.29. The van der Waals surface area contributed by atoms with Crippen LogP contribution in [-0.2, 0) is 4.79 Å². The predicted octanol–water partition coefficient (Wildman–Crippen LogP) is 4.71. The van der Waals surface area contributed by atoms with Crippen LogP contribution in [0.2, 0.25) is 0 Å². The van der Waals surface area contributed by atoms with E-state index in [0.717, 1.165) is 34.3 Å². The van der Waals surface area contributed by atoms with Crippen LogP contribution in [-0.4, -0.2) is 10.9 Å². The van der Waals surface area contributed by atoms with Gasteiger partial charge in [0.25, 0.3) is 0 Å². The Labute approximate surface area is 128 Å². The molecule has 3 aromatic rings. The average Bonchev–Trinajstić information content (AvgIpc) is 2.91. The van der Waals surface area contributed by atoms with Crippen molar-refractivity contribution < 1.29 is 9.18 Å². The summed E-state index contributed by atoms with van der Waals surface area (Å²) in [4.78, 5) is 14.8. The van der Waals surface area contributed by atoms with E-state index in [-0.39, 0.29) is 11.7 Å².